The first-order chi connectivity index (χ1) is 10.1. The van der Waals surface area contributed by atoms with Crippen LogP contribution in [-0.2, 0) is 29.5 Å². The maximum Gasteiger partial charge on any atom is 0.240 e. The van der Waals surface area contributed by atoms with E-state index in [0.717, 1.165) is 17.5 Å². The summed E-state index contributed by atoms with van der Waals surface area (Å²) in [5.41, 5.74) is 8.28. The van der Waals surface area contributed by atoms with E-state index in [4.69, 9.17) is 5.73 Å². The number of aryl methyl sites for hydroxylation is 1. The van der Waals surface area contributed by atoms with E-state index in [2.05, 4.69) is 9.71 Å². The van der Waals surface area contributed by atoms with Crippen molar-refractivity contribution in [3.8, 4) is 0 Å². The van der Waals surface area contributed by atoms with Gasteiger partial charge in [0.25, 0.3) is 0 Å². The predicted molar refractivity (Wildman–Crippen MR) is 82.0 cm³/mol. The van der Waals surface area contributed by atoms with E-state index >= 15 is 0 Å². The van der Waals surface area contributed by atoms with Gasteiger partial charge in [0.15, 0.2) is 0 Å². The molecule has 0 amide bonds. The number of pyridine rings is 1. The number of rotatable bonds is 6. The average Bonchev–Trinajstić information content (AvgIpc) is 2.53. The molecule has 0 radical (unpaired) electrons. The fourth-order valence-electron chi connectivity index (χ4n) is 2.06. The Bertz CT molecular complexity index is 700. The minimum absolute atomic E-state index is 0.163. The van der Waals surface area contributed by atoms with Gasteiger partial charge in [0.1, 0.15) is 0 Å². The Balaban J connectivity index is 2.19. The zero-order valence-electron chi connectivity index (χ0n) is 11.9. The highest BCUT2D eigenvalue weighted by Crippen LogP contribution is 2.16. The van der Waals surface area contributed by atoms with Crippen molar-refractivity contribution in [2.24, 2.45) is 5.73 Å². The van der Waals surface area contributed by atoms with Crippen molar-refractivity contribution >= 4 is 10.0 Å². The maximum absolute atomic E-state index is 12.3. The van der Waals surface area contributed by atoms with Crippen LogP contribution in [0.5, 0.6) is 0 Å². The van der Waals surface area contributed by atoms with Gasteiger partial charge in [-0.2, -0.15) is 0 Å². The Morgan fingerprint density at radius 3 is 2.62 bits per heavy atom. The van der Waals surface area contributed by atoms with E-state index in [1.165, 1.54) is 0 Å². The molecule has 5 nitrogen and oxygen atoms in total. The van der Waals surface area contributed by atoms with Crippen LogP contribution in [-0.4, -0.2) is 13.4 Å². The van der Waals surface area contributed by atoms with Gasteiger partial charge in [-0.25, -0.2) is 13.1 Å². The standard InChI is InChI=1S/C15H19N3O2S/c1-2-12-6-7-15(9-13(12)10-16)21(19,20)18-11-14-5-3-4-8-17-14/h3-9,18H,2,10-11,16H2,1H3. The summed E-state index contributed by atoms with van der Waals surface area (Å²) in [6.07, 6.45) is 2.46. The molecule has 0 fully saturated rings. The average molecular weight is 305 g/mol. The summed E-state index contributed by atoms with van der Waals surface area (Å²) in [7, 11) is -3.56. The lowest BCUT2D eigenvalue weighted by molar-refractivity contribution is 0.580. The number of aromatic nitrogens is 1. The van der Waals surface area contributed by atoms with Crippen LogP contribution in [0.2, 0.25) is 0 Å². The minimum Gasteiger partial charge on any atom is -0.326 e. The number of nitrogens with zero attached hydrogens (tertiary/aromatic N) is 1. The van der Waals surface area contributed by atoms with Gasteiger partial charge in [0.05, 0.1) is 17.1 Å². The summed E-state index contributed by atoms with van der Waals surface area (Å²) < 4.78 is 27.1. The summed E-state index contributed by atoms with van der Waals surface area (Å²) in [6.45, 7) is 2.51. The molecule has 1 aromatic carbocycles. The topological polar surface area (TPSA) is 85.1 Å². The molecule has 3 N–H and O–H groups in total. The molecular weight excluding hydrogens is 286 g/mol. The third-order valence-corrected chi connectivity index (χ3v) is 4.66. The monoisotopic (exact) mass is 305 g/mol. The number of hydrogen-bond acceptors (Lipinski definition) is 4. The number of sulfonamides is 1. The van der Waals surface area contributed by atoms with E-state index in [0.29, 0.717) is 12.2 Å². The molecule has 1 aromatic heterocycles. The van der Waals surface area contributed by atoms with Crippen LogP contribution in [0.1, 0.15) is 23.7 Å². The summed E-state index contributed by atoms with van der Waals surface area (Å²) in [4.78, 5) is 4.32. The molecule has 0 spiro atoms. The largest absolute Gasteiger partial charge is 0.326 e. The molecule has 21 heavy (non-hydrogen) atoms. The van der Waals surface area contributed by atoms with Crippen molar-refractivity contribution in [1.82, 2.24) is 9.71 Å². The van der Waals surface area contributed by atoms with Crippen LogP contribution in [0.3, 0.4) is 0 Å². The molecular formula is C15H19N3O2S. The predicted octanol–water partition coefficient (Wildman–Crippen LogP) is 1.58. The van der Waals surface area contributed by atoms with Gasteiger partial charge in [-0.05, 0) is 41.8 Å². The molecule has 0 saturated heterocycles. The highest BCUT2D eigenvalue weighted by Gasteiger charge is 2.15. The Morgan fingerprint density at radius 1 is 1.19 bits per heavy atom. The first-order valence-corrected chi connectivity index (χ1v) is 8.26. The lowest BCUT2D eigenvalue weighted by Gasteiger charge is -2.10. The fraction of sp³-hybridized carbons (Fsp3) is 0.267. The number of hydrogen-bond donors (Lipinski definition) is 2. The molecule has 112 valence electrons. The van der Waals surface area contributed by atoms with E-state index in [-0.39, 0.29) is 11.4 Å². The van der Waals surface area contributed by atoms with Crippen LogP contribution < -0.4 is 10.5 Å². The molecule has 0 bridgehead atoms. The Hall–Kier alpha value is -1.76. The second-order valence-electron chi connectivity index (χ2n) is 4.63. The Morgan fingerprint density at radius 2 is 2.00 bits per heavy atom. The van der Waals surface area contributed by atoms with Crippen LogP contribution in [0.25, 0.3) is 0 Å². The van der Waals surface area contributed by atoms with Gasteiger partial charge in [-0.1, -0.05) is 19.1 Å². The molecule has 0 aliphatic carbocycles. The minimum atomic E-state index is -3.56. The highest BCUT2D eigenvalue weighted by molar-refractivity contribution is 7.89. The molecule has 0 unspecified atom stereocenters. The number of nitrogens with two attached hydrogens (primary N) is 1. The van der Waals surface area contributed by atoms with Crippen molar-refractivity contribution in [2.75, 3.05) is 0 Å². The van der Waals surface area contributed by atoms with Crippen LogP contribution in [0.4, 0.5) is 0 Å². The zero-order chi connectivity index (χ0) is 15.3. The van der Waals surface area contributed by atoms with E-state index in [1.54, 1.807) is 30.5 Å². The fourth-order valence-corrected chi connectivity index (χ4v) is 3.11. The summed E-state index contributed by atoms with van der Waals surface area (Å²) in [5, 5.41) is 0. The van der Waals surface area contributed by atoms with Crippen LogP contribution in [0, 0.1) is 0 Å². The van der Waals surface area contributed by atoms with Gasteiger partial charge in [-0.15, -0.1) is 0 Å². The maximum atomic E-state index is 12.3. The lowest BCUT2D eigenvalue weighted by atomic mass is 10.1. The summed E-state index contributed by atoms with van der Waals surface area (Å²) in [6, 6.07) is 10.4. The van der Waals surface area contributed by atoms with Crippen molar-refractivity contribution in [3.05, 3.63) is 59.4 Å². The van der Waals surface area contributed by atoms with Crippen molar-refractivity contribution in [3.63, 3.8) is 0 Å². The molecule has 2 rings (SSSR count). The number of nitrogens with one attached hydrogen (secondary N) is 1. The van der Waals surface area contributed by atoms with Crippen molar-refractivity contribution in [2.45, 2.75) is 31.3 Å². The first-order valence-electron chi connectivity index (χ1n) is 6.78. The quantitative estimate of drug-likeness (QED) is 0.848. The van der Waals surface area contributed by atoms with E-state index in [9.17, 15) is 8.42 Å². The summed E-state index contributed by atoms with van der Waals surface area (Å²) >= 11 is 0. The van der Waals surface area contributed by atoms with Gasteiger partial charge in [-0.3, -0.25) is 4.98 Å². The van der Waals surface area contributed by atoms with E-state index < -0.39 is 10.0 Å². The number of benzene rings is 1. The first kappa shape index (κ1) is 15.6. The highest BCUT2D eigenvalue weighted by atomic mass is 32.2. The summed E-state index contributed by atoms with van der Waals surface area (Å²) in [5.74, 6) is 0. The molecule has 6 heteroatoms. The molecule has 0 aliphatic heterocycles. The third kappa shape index (κ3) is 3.87. The lowest BCUT2D eigenvalue weighted by Crippen LogP contribution is -2.24. The second-order valence-corrected chi connectivity index (χ2v) is 6.40. The van der Waals surface area contributed by atoms with E-state index in [1.807, 2.05) is 19.1 Å². The van der Waals surface area contributed by atoms with Crippen LogP contribution in [0.15, 0.2) is 47.5 Å². The van der Waals surface area contributed by atoms with Gasteiger partial charge in [0, 0.05) is 12.7 Å². The van der Waals surface area contributed by atoms with Crippen LogP contribution >= 0.6 is 0 Å². The zero-order valence-corrected chi connectivity index (χ0v) is 12.7. The molecule has 0 saturated carbocycles. The molecule has 1 heterocycles. The Labute approximate surface area is 125 Å². The second kappa shape index (κ2) is 6.80. The molecule has 0 aliphatic rings. The molecule has 0 atom stereocenters. The van der Waals surface area contributed by atoms with Gasteiger partial charge in [0.2, 0.25) is 10.0 Å². The molecule has 2 aromatic rings. The SMILES string of the molecule is CCc1ccc(S(=O)(=O)NCc2ccccn2)cc1CN. The van der Waals surface area contributed by atoms with Crippen molar-refractivity contribution in [1.29, 1.82) is 0 Å². The van der Waals surface area contributed by atoms with Gasteiger partial charge >= 0.3 is 0 Å². The Kier molecular flexibility index (Phi) is 5.06. The van der Waals surface area contributed by atoms with Gasteiger partial charge < -0.3 is 5.73 Å². The smallest absolute Gasteiger partial charge is 0.240 e. The van der Waals surface area contributed by atoms with Crippen molar-refractivity contribution < 1.29 is 8.42 Å². The normalized spacial score (nSPS) is 11.5. The third-order valence-electron chi connectivity index (χ3n) is 3.26.